The molecule has 0 aliphatic rings. The molecule has 0 fully saturated rings. The van der Waals surface area contributed by atoms with Crippen molar-refractivity contribution in [3.63, 3.8) is 0 Å². The number of aryl methyl sites for hydroxylation is 1. The number of rotatable bonds is 3. The predicted octanol–water partition coefficient (Wildman–Crippen LogP) is 5.04. The quantitative estimate of drug-likeness (QED) is 0.835. The van der Waals surface area contributed by atoms with Gasteiger partial charge in [0.25, 0.3) is 0 Å². The molecule has 3 nitrogen and oxygen atoms in total. The molecule has 0 radical (unpaired) electrons. The number of carboxylic acids is 1. The molecule has 0 atom stereocenters. The van der Waals surface area contributed by atoms with Crippen molar-refractivity contribution in [3.8, 4) is 5.75 Å². The van der Waals surface area contributed by atoms with Crippen LogP contribution in [0.2, 0.25) is 0 Å². The van der Waals surface area contributed by atoms with Crippen LogP contribution >= 0.6 is 0 Å². The lowest BCUT2D eigenvalue weighted by atomic mass is 9.98. The lowest BCUT2D eigenvalue weighted by molar-refractivity contribution is 0.0692. The zero-order valence-corrected chi connectivity index (χ0v) is 14.1. The van der Waals surface area contributed by atoms with E-state index in [-0.39, 0.29) is 11.3 Å². The Morgan fingerprint density at radius 3 is 2.14 bits per heavy atom. The maximum absolute atomic E-state index is 11.1. The largest absolute Gasteiger partial charge is 0.507 e. The highest BCUT2D eigenvalue weighted by Crippen LogP contribution is 2.23. The number of carbonyl (C=O) groups is 1. The second-order valence-electron chi connectivity index (χ2n) is 4.28. The Balaban J connectivity index is 0.00000102. The van der Waals surface area contributed by atoms with Gasteiger partial charge in [0.05, 0.1) is 0 Å². The van der Waals surface area contributed by atoms with Gasteiger partial charge in [0.1, 0.15) is 11.3 Å². The van der Waals surface area contributed by atoms with E-state index in [1.807, 2.05) is 58.9 Å². The van der Waals surface area contributed by atoms with Gasteiger partial charge >= 0.3 is 5.97 Å². The fourth-order valence-electron chi connectivity index (χ4n) is 2.02. The van der Waals surface area contributed by atoms with Crippen LogP contribution in [0.3, 0.4) is 0 Å². The third-order valence-corrected chi connectivity index (χ3v) is 2.82. The number of aromatic carboxylic acids is 1. The Morgan fingerprint density at radius 1 is 1.00 bits per heavy atom. The Bertz CT molecular complexity index is 589. The van der Waals surface area contributed by atoms with Gasteiger partial charge < -0.3 is 10.2 Å². The van der Waals surface area contributed by atoms with Crippen molar-refractivity contribution >= 4 is 5.97 Å². The molecule has 0 spiro atoms. The average Bonchev–Trinajstić information content (AvgIpc) is 2.51. The van der Waals surface area contributed by atoms with Gasteiger partial charge in [-0.05, 0) is 30.5 Å². The van der Waals surface area contributed by atoms with Crippen LogP contribution in [0.25, 0.3) is 0 Å². The highest BCUT2D eigenvalue weighted by Gasteiger charge is 2.14. The van der Waals surface area contributed by atoms with Crippen LogP contribution < -0.4 is 0 Å². The van der Waals surface area contributed by atoms with Crippen LogP contribution in [0.4, 0.5) is 0 Å². The highest BCUT2D eigenvalue weighted by molar-refractivity contribution is 5.92. The summed E-state index contributed by atoms with van der Waals surface area (Å²) >= 11 is 0. The van der Waals surface area contributed by atoms with Crippen molar-refractivity contribution in [1.82, 2.24) is 0 Å². The first-order chi connectivity index (χ1) is 10.6. The van der Waals surface area contributed by atoms with Crippen LogP contribution in [0.15, 0.2) is 42.5 Å². The van der Waals surface area contributed by atoms with Crippen molar-refractivity contribution in [2.45, 2.75) is 41.0 Å². The summed E-state index contributed by atoms with van der Waals surface area (Å²) in [5, 5.41) is 18.7. The first-order valence-corrected chi connectivity index (χ1v) is 7.67. The van der Waals surface area contributed by atoms with E-state index < -0.39 is 5.97 Å². The molecule has 22 heavy (non-hydrogen) atoms. The maximum atomic E-state index is 11.1. The molecule has 2 aromatic rings. The third kappa shape index (κ3) is 5.60. The topological polar surface area (TPSA) is 57.5 Å². The fourth-order valence-corrected chi connectivity index (χ4v) is 2.02. The molecule has 0 heterocycles. The van der Waals surface area contributed by atoms with Crippen LogP contribution in [0.1, 0.15) is 54.7 Å². The summed E-state index contributed by atoms with van der Waals surface area (Å²) in [4.78, 5) is 11.1. The number of benzene rings is 2. The Morgan fingerprint density at radius 2 is 1.59 bits per heavy atom. The molecule has 0 aliphatic carbocycles. The molecule has 0 saturated heterocycles. The highest BCUT2D eigenvalue weighted by atomic mass is 16.4. The van der Waals surface area contributed by atoms with Gasteiger partial charge in [-0.3, -0.25) is 0 Å². The summed E-state index contributed by atoms with van der Waals surface area (Å²) in [5.74, 6) is -1.29. The third-order valence-electron chi connectivity index (χ3n) is 2.82. The molecule has 0 unspecified atom stereocenters. The molecule has 0 bridgehead atoms. The molecule has 0 saturated carbocycles. The van der Waals surface area contributed by atoms with Crippen LogP contribution in [0, 0.1) is 6.92 Å². The zero-order valence-electron chi connectivity index (χ0n) is 14.1. The average molecular weight is 302 g/mol. The van der Waals surface area contributed by atoms with Crippen molar-refractivity contribution in [1.29, 1.82) is 0 Å². The molecule has 2 rings (SSSR count). The lowest BCUT2D eigenvalue weighted by Crippen LogP contribution is -2.03. The predicted molar refractivity (Wildman–Crippen MR) is 91.7 cm³/mol. The fraction of sp³-hybridized carbons (Fsp3) is 0.316. The monoisotopic (exact) mass is 302 g/mol. The normalized spacial score (nSPS) is 8.95. The summed E-state index contributed by atoms with van der Waals surface area (Å²) in [6.07, 6.45) is 0.498. The van der Waals surface area contributed by atoms with Crippen molar-refractivity contribution < 1.29 is 15.0 Å². The van der Waals surface area contributed by atoms with Crippen LogP contribution in [-0.2, 0) is 6.42 Å². The SMILES string of the molecule is CC.CC.Cc1cccc(Cc2cccc(O)c2C(=O)O)c1. The van der Waals surface area contributed by atoms with Crippen molar-refractivity contribution in [3.05, 3.63) is 64.7 Å². The number of hydrogen-bond acceptors (Lipinski definition) is 2. The zero-order chi connectivity index (χ0) is 17.1. The maximum Gasteiger partial charge on any atom is 0.339 e. The van der Waals surface area contributed by atoms with Crippen molar-refractivity contribution in [2.24, 2.45) is 0 Å². The van der Waals surface area contributed by atoms with E-state index in [4.69, 9.17) is 5.11 Å². The summed E-state index contributed by atoms with van der Waals surface area (Å²) in [7, 11) is 0. The van der Waals surface area contributed by atoms with E-state index in [0.29, 0.717) is 12.0 Å². The second kappa shape index (κ2) is 10.4. The Hall–Kier alpha value is -2.29. The molecule has 0 aromatic heterocycles. The first-order valence-electron chi connectivity index (χ1n) is 7.67. The summed E-state index contributed by atoms with van der Waals surface area (Å²) in [6.45, 7) is 9.99. The molecule has 2 N–H and O–H groups in total. The van der Waals surface area contributed by atoms with Gasteiger partial charge in [0.15, 0.2) is 0 Å². The minimum Gasteiger partial charge on any atom is -0.507 e. The summed E-state index contributed by atoms with van der Waals surface area (Å²) in [5.41, 5.74) is 2.76. The first kappa shape index (κ1) is 19.7. The van der Waals surface area contributed by atoms with Gasteiger partial charge in [-0.1, -0.05) is 69.7 Å². The minimum absolute atomic E-state index is 0.0148. The Labute approximate surface area is 133 Å². The van der Waals surface area contributed by atoms with E-state index in [0.717, 1.165) is 11.1 Å². The van der Waals surface area contributed by atoms with Gasteiger partial charge in [0.2, 0.25) is 0 Å². The van der Waals surface area contributed by atoms with E-state index in [1.54, 1.807) is 12.1 Å². The van der Waals surface area contributed by atoms with E-state index >= 15 is 0 Å². The number of aromatic hydroxyl groups is 1. The molecule has 0 aliphatic heterocycles. The summed E-state index contributed by atoms with van der Waals surface area (Å²) < 4.78 is 0. The van der Waals surface area contributed by atoms with E-state index in [1.165, 1.54) is 6.07 Å². The van der Waals surface area contributed by atoms with Gasteiger partial charge in [-0.25, -0.2) is 4.79 Å². The minimum atomic E-state index is -1.10. The second-order valence-corrected chi connectivity index (χ2v) is 4.28. The van der Waals surface area contributed by atoms with Crippen molar-refractivity contribution in [2.75, 3.05) is 0 Å². The number of hydrogen-bond donors (Lipinski definition) is 2. The Kier molecular flexibility index (Phi) is 9.35. The van der Waals surface area contributed by atoms with Gasteiger partial charge in [-0.15, -0.1) is 0 Å². The van der Waals surface area contributed by atoms with E-state index in [2.05, 4.69) is 0 Å². The van der Waals surface area contributed by atoms with E-state index in [9.17, 15) is 9.90 Å². The number of phenols is 1. The standard InChI is InChI=1S/C15H14O3.2C2H6/c1-10-4-2-5-11(8-10)9-12-6-3-7-13(16)14(12)15(17)18;2*1-2/h2-8,16H,9H2,1H3,(H,17,18);2*1-2H3. The molecule has 2 aromatic carbocycles. The van der Waals surface area contributed by atoms with Gasteiger partial charge in [0, 0.05) is 0 Å². The van der Waals surface area contributed by atoms with Crippen LogP contribution in [-0.4, -0.2) is 16.2 Å². The van der Waals surface area contributed by atoms with Gasteiger partial charge in [-0.2, -0.15) is 0 Å². The molecule has 0 amide bonds. The summed E-state index contributed by atoms with van der Waals surface area (Å²) in [6, 6.07) is 12.7. The molecule has 3 heteroatoms. The molecular formula is C19H26O3. The molecular weight excluding hydrogens is 276 g/mol. The van der Waals surface area contributed by atoms with Crippen LogP contribution in [0.5, 0.6) is 5.75 Å². The molecule has 120 valence electrons. The smallest absolute Gasteiger partial charge is 0.339 e. The number of carboxylic acid groups (broad SMARTS) is 1. The lowest BCUT2D eigenvalue weighted by Gasteiger charge is -2.08.